The molecule has 5 nitrogen and oxygen atoms in total. The molecule has 2 amide bonds. The fraction of sp³-hybridized carbons (Fsp3) is 0.231. The lowest BCUT2D eigenvalue weighted by atomic mass is 9.97. The monoisotopic (exact) mass is 414 g/mol. The molecular weight excluding hydrogens is 388 g/mol. The Morgan fingerprint density at radius 1 is 0.935 bits per heavy atom. The Morgan fingerprint density at radius 3 is 2.35 bits per heavy atom. The van der Waals surface area contributed by atoms with Crippen LogP contribution in [-0.2, 0) is 6.42 Å². The lowest BCUT2D eigenvalue weighted by Crippen LogP contribution is -2.25. The molecule has 3 aromatic carbocycles. The van der Waals surface area contributed by atoms with Crippen molar-refractivity contribution >= 4 is 17.5 Å². The molecule has 0 unspecified atom stereocenters. The second-order valence-electron chi connectivity index (χ2n) is 7.94. The highest BCUT2D eigenvalue weighted by Crippen LogP contribution is 2.26. The van der Waals surface area contributed by atoms with Crippen molar-refractivity contribution in [3.63, 3.8) is 0 Å². The van der Waals surface area contributed by atoms with E-state index in [1.807, 2.05) is 61.5 Å². The van der Waals surface area contributed by atoms with E-state index in [0.29, 0.717) is 29.3 Å². The number of aryl methyl sites for hydroxylation is 1. The predicted octanol–water partition coefficient (Wildman–Crippen LogP) is 4.34. The summed E-state index contributed by atoms with van der Waals surface area (Å²) in [6, 6.07) is 20.9. The quantitative estimate of drug-likeness (QED) is 0.538. The van der Waals surface area contributed by atoms with Crippen molar-refractivity contribution in [1.29, 1.82) is 0 Å². The maximum atomic E-state index is 12.7. The molecule has 1 aliphatic carbocycles. The molecule has 0 heterocycles. The highest BCUT2D eigenvalue weighted by molar-refractivity contribution is 6.05. The van der Waals surface area contributed by atoms with Crippen LogP contribution in [0.1, 0.15) is 44.7 Å². The van der Waals surface area contributed by atoms with Crippen molar-refractivity contribution in [3.8, 4) is 11.1 Å². The second-order valence-corrected chi connectivity index (χ2v) is 7.94. The second kappa shape index (κ2) is 9.14. The maximum Gasteiger partial charge on any atom is 0.255 e. The zero-order chi connectivity index (χ0) is 21.8. The average molecular weight is 415 g/mol. The van der Waals surface area contributed by atoms with Crippen LogP contribution in [0.15, 0.2) is 66.7 Å². The Kier molecular flexibility index (Phi) is 6.14. The first-order valence-electron chi connectivity index (χ1n) is 10.6. The van der Waals surface area contributed by atoms with E-state index >= 15 is 0 Å². The van der Waals surface area contributed by atoms with Gasteiger partial charge in [0.05, 0.1) is 0 Å². The van der Waals surface area contributed by atoms with E-state index in [2.05, 4.69) is 10.6 Å². The van der Waals surface area contributed by atoms with E-state index < -0.39 is 0 Å². The lowest BCUT2D eigenvalue weighted by molar-refractivity contribution is 0.0950. The summed E-state index contributed by atoms with van der Waals surface area (Å²) in [6.07, 6.45) is 2.59. The number of carbonyl (C=O) groups is 2. The average Bonchev–Trinajstić information content (AvgIpc) is 3.60. The van der Waals surface area contributed by atoms with Gasteiger partial charge in [0, 0.05) is 29.5 Å². The van der Waals surface area contributed by atoms with E-state index in [9.17, 15) is 14.7 Å². The summed E-state index contributed by atoms with van der Waals surface area (Å²) in [5, 5.41) is 15.2. The van der Waals surface area contributed by atoms with Crippen LogP contribution in [0.5, 0.6) is 0 Å². The fourth-order valence-electron chi connectivity index (χ4n) is 3.55. The number of anilines is 1. The summed E-state index contributed by atoms with van der Waals surface area (Å²) < 4.78 is 0. The van der Waals surface area contributed by atoms with Gasteiger partial charge in [-0.15, -0.1) is 0 Å². The van der Waals surface area contributed by atoms with Crippen LogP contribution in [0.4, 0.5) is 5.69 Å². The van der Waals surface area contributed by atoms with E-state index in [-0.39, 0.29) is 18.4 Å². The Morgan fingerprint density at radius 2 is 1.65 bits per heavy atom. The van der Waals surface area contributed by atoms with Gasteiger partial charge in [0.1, 0.15) is 0 Å². The number of benzene rings is 3. The standard InChI is InChI=1S/C26H26N2O3/c1-17-6-7-21(26(31)27-22-12-13-22)16-23(17)18-8-10-20(11-9-18)25(30)28-24-5-3-2-4-19(24)14-15-29/h2-11,16,22,29H,12-15H2,1H3,(H,27,31)(H,28,30). The molecule has 4 rings (SSSR count). The van der Waals surface area contributed by atoms with E-state index in [1.54, 1.807) is 12.1 Å². The zero-order valence-corrected chi connectivity index (χ0v) is 17.5. The molecule has 0 aromatic heterocycles. The van der Waals surface area contributed by atoms with Gasteiger partial charge in [0.25, 0.3) is 11.8 Å². The Labute approximate surface area is 182 Å². The van der Waals surface area contributed by atoms with Crippen LogP contribution in [0, 0.1) is 6.92 Å². The molecule has 0 radical (unpaired) electrons. The van der Waals surface area contributed by atoms with Gasteiger partial charge in [-0.1, -0.05) is 36.4 Å². The highest BCUT2D eigenvalue weighted by atomic mass is 16.3. The number of nitrogens with one attached hydrogen (secondary N) is 2. The third kappa shape index (κ3) is 5.01. The van der Waals surface area contributed by atoms with E-state index in [1.165, 1.54) is 0 Å². The molecule has 1 fully saturated rings. The predicted molar refractivity (Wildman–Crippen MR) is 122 cm³/mol. The molecule has 1 saturated carbocycles. The first kappa shape index (κ1) is 20.8. The molecule has 0 saturated heterocycles. The third-order valence-electron chi connectivity index (χ3n) is 5.52. The minimum absolute atomic E-state index is 0.0265. The molecule has 3 aromatic rings. The van der Waals surface area contributed by atoms with Crippen molar-refractivity contribution in [3.05, 3.63) is 89.0 Å². The van der Waals surface area contributed by atoms with Gasteiger partial charge in [0.15, 0.2) is 0 Å². The number of rotatable bonds is 7. The molecule has 3 N–H and O–H groups in total. The van der Waals surface area contributed by atoms with Crippen molar-refractivity contribution in [2.24, 2.45) is 0 Å². The summed E-state index contributed by atoms with van der Waals surface area (Å²) in [5.74, 6) is -0.243. The van der Waals surface area contributed by atoms with Crippen molar-refractivity contribution in [1.82, 2.24) is 5.32 Å². The maximum absolute atomic E-state index is 12.7. The van der Waals surface area contributed by atoms with E-state index in [4.69, 9.17) is 0 Å². The van der Waals surface area contributed by atoms with Crippen molar-refractivity contribution in [2.75, 3.05) is 11.9 Å². The van der Waals surface area contributed by atoms with Gasteiger partial charge in [-0.05, 0) is 78.8 Å². The highest BCUT2D eigenvalue weighted by Gasteiger charge is 2.24. The lowest BCUT2D eigenvalue weighted by Gasteiger charge is -2.12. The smallest absolute Gasteiger partial charge is 0.255 e. The third-order valence-corrected chi connectivity index (χ3v) is 5.52. The Bertz CT molecular complexity index is 1100. The molecule has 0 spiro atoms. The topological polar surface area (TPSA) is 78.4 Å². The summed E-state index contributed by atoms with van der Waals surface area (Å²) in [4.78, 5) is 25.1. The minimum Gasteiger partial charge on any atom is -0.396 e. The first-order chi connectivity index (χ1) is 15.0. The summed E-state index contributed by atoms with van der Waals surface area (Å²) in [5.41, 5.74) is 5.79. The Hall–Kier alpha value is -3.44. The van der Waals surface area contributed by atoms with Crippen LogP contribution in [0.3, 0.4) is 0 Å². The van der Waals surface area contributed by atoms with Crippen LogP contribution in [0.25, 0.3) is 11.1 Å². The minimum atomic E-state index is -0.203. The SMILES string of the molecule is Cc1ccc(C(=O)NC2CC2)cc1-c1ccc(C(=O)Nc2ccccc2CCO)cc1. The van der Waals surface area contributed by atoms with Gasteiger partial charge >= 0.3 is 0 Å². The molecule has 1 aliphatic rings. The normalized spacial score (nSPS) is 13.0. The van der Waals surface area contributed by atoms with Crippen LogP contribution in [0.2, 0.25) is 0 Å². The Balaban J connectivity index is 1.51. The number of aliphatic hydroxyl groups is 1. The largest absolute Gasteiger partial charge is 0.396 e. The number of aliphatic hydroxyl groups excluding tert-OH is 1. The summed E-state index contributed by atoms with van der Waals surface area (Å²) >= 11 is 0. The van der Waals surface area contributed by atoms with Crippen LogP contribution in [-0.4, -0.2) is 29.6 Å². The van der Waals surface area contributed by atoms with Gasteiger partial charge in [-0.2, -0.15) is 0 Å². The number of hydrogen-bond acceptors (Lipinski definition) is 3. The van der Waals surface area contributed by atoms with Gasteiger partial charge in [-0.3, -0.25) is 9.59 Å². The molecular formula is C26H26N2O3. The van der Waals surface area contributed by atoms with Gasteiger partial charge in [-0.25, -0.2) is 0 Å². The molecule has 31 heavy (non-hydrogen) atoms. The summed E-state index contributed by atoms with van der Waals surface area (Å²) in [7, 11) is 0. The van der Waals surface area contributed by atoms with E-state index in [0.717, 1.165) is 35.1 Å². The molecule has 0 aliphatic heterocycles. The molecule has 0 atom stereocenters. The molecule has 0 bridgehead atoms. The van der Waals surface area contributed by atoms with Gasteiger partial charge in [0.2, 0.25) is 0 Å². The van der Waals surface area contributed by atoms with Crippen LogP contribution < -0.4 is 10.6 Å². The van der Waals surface area contributed by atoms with Crippen LogP contribution >= 0.6 is 0 Å². The molecule has 158 valence electrons. The number of carbonyl (C=O) groups excluding carboxylic acids is 2. The number of hydrogen-bond donors (Lipinski definition) is 3. The van der Waals surface area contributed by atoms with Crippen molar-refractivity contribution in [2.45, 2.75) is 32.2 Å². The number of amides is 2. The van der Waals surface area contributed by atoms with Crippen molar-refractivity contribution < 1.29 is 14.7 Å². The zero-order valence-electron chi connectivity index (χ0n) is 17.5. The number of para-hydroxylation sites is 1. The van der Waals surface area contributed by atoms with Gasteiger partial charge < -0.3 is 15.7 Å². The first-order valence-corrected chi connectivity index (χ1v) is 10.6. The summed E-state index contributed by atoms with van der Waals surface area (Å²) in [6.45, 7) is 2.04. The molecule has 5 heteroatoms. The fourth-order valence-corrected chi connectivity index (χ4v) is 3.55.